The molecule has 2 aliphatic rings. The molecular weight excluding hydrogens is 430 g/mol. The van der Waals surface area contributed by atoms with Crippen molar-refractivity contribution >= 4 is 22.9 Å². The molecule has 0 radical (unpaired) electrons. The second kappa shape index (κ2) is 11.5. The first-order valence-corrected chi connectivity index (χ1v) is 13.2. The van der Waals surface area contributed by atoms with Crippen molar-refractivity contribution in [1.82, 2.24) is 15.2 Å². The van der Waals surface area contributed by atoms with Gasteiger partial charge in [0, 0.05) is 35.8 Å². The summed E-state index contributed by atoms with van der Waals surface area (Å²) in [6.07, 6.45) is 16.7. The summed E-state index contributed by atoms with van der Waals surface area (Å²) in [5.74, 6) is 1.45. The van der Waals surface area contributed by atoms with Crippen molar-refractivity contribution < 1.29 is 4.79 Å². The summed E-state index contributed by atoms with van der Waals surface area (Å²) in [6.45, 7) is 3.61. The Bertz CT molecular complexity index is 1150. The van der Waals surface area contributed by atoms with E-state index >= 15 is 0 Å². The number of piperidine rings is 1. The van der Waals surface area contributed by atoms with Gasteiger partial charge in [0.05, 0.1) is 0 Å². The smallest absolute Gasteiger partial charge is 0.244 e. The Morgan fingerprint density at radius 2 is 1.66 bits per heavy atom. The van der Waals surface area contributed by atoms with Crippen molar-refractivity contribution in [2.24, 2.45) is 5.92 Å². The molecule has 1 amide bonds. The van der Waals surface area contributed by atoms with Crippen molar-refractivity contribution in [2.75, 3.05) is 19.6 Å². The van der Waals surface area contributed by atoms with Crippen molar-refractivity contribution in [3.8, 4) is 0 Å². The zero-order chi connectivity index (χ0) is 23.9. The highest BCUT2D eigenvalue weighted by Gasteiger charge is 2.27. The van der Waals surface area contributed by atoms with Crippen molar-refractivity contribution in [1.29, 1.82) is 0 Å². The second-order valence-corrected chi connectivity index (χ2v) is 10.2. The lowest BCUT2D eigenvalue weighted by Crippen LogP contribution is -2.41. The Hall–Kier alpha value is -3.11. The van der Waals surface area contributed by atoms with Crippen LogP contribution in [0.1, 0.15) is 55.6 Å². The van der Waals surface area contributed by atoms with Crippen molar-refractivity contribution in [2.45, 2.75) is 50.5 Å². The van der Waals surface area contributed by atoms with Gasteiger partial charge in [0.15, 0.2) is 0 Å². The average Bonchev–Trinajstić information content (AvgIpc) is 3.33. The van der Waals surface area contributed by atoms with Crippen LogP contribution in [0.3, 0.4) is 0 Å². The molecule has 0 spiro atoms. The number of hydrogen-bond donors (Lipinski definition) is 2. The molecule has 4 heteroatoms. The molecule has 5 rings (SSSR count). The molecule has 3 aromatic rings. The number of aromatic nitrogens is 1. The minimum atomic E-state index is 0.0190. The number of fused-ring (bicyclic) bond motifs is 1. The fourth-order valence-electron chi connectivity index (χ4n) is 5.84. The Labute approximate surface area is 209 Å². The van der Waals surface area contributed by atoms with Gasteiger partial charge in [-0.15, -0.1) is 0 Å². The van der Waals surface area contributed by atoms with E-state index in [-0.39, 0.29) is 5.91 Å². The summed E-state index contributed by atoms with van der Waals surface area (Å²) < 4.78 is 0. The average molecular weight is 468 g/mol. The number of allylic oxidation sites excluding steroid dienone is 2. The van der Waals surface area contributed by atoms with Gasteiger partial charge in [-0.25, -0.2) is 0 Å². The number of nitrogens with one attached hydrogen (secondary N) is 2. The first-order chi connectivity index (χ1) is 17.2. The molecule has 2 heterocycles. The van der Waals surface area contributed by atoms with Gasteiger partial charge < -0.3 is 15.2 Å². The minimum absolute atomic E-state index is 0.0190. The van der Waals surface area contributed by atoms with Gasteiger partial charge in [0.25, 0.3) is 0 Å². The number of nitrogens with zero attached hydrogens (tertiary/aromatic N) is 1. The number of carbonyl (C=O) groups is 1. The largest absolute Gasteiger partial charge is 0.361 e. The molecule has 1 saturated carbocycles. The Kier molecular flexibility index (Phi) is 7.79. The van der Waals surface area contributed by atoms with Crippen LogP contribution in [0.4, 0.5) is 0 Å². The van der Waals surface area contributed by atoms with E-state index in [4.69, 9.17) is 0 Å². The van der Waals surface area contributed by atoms with Crippen LogP contribution in [0.2, 0.25) is 0 Å². The van der Waals surface area contributed by atoms with Crippen molar-refractivity contribution in [3.63, 3.8) is 0 Å². The summed E-state index contributed by atoms with van der Waals surface area (Å²) in [6, 6.07) is 19.1. The quantitative estimate of drug-likeness (QED) is 0.317. The molecule has 2 fully saturated rings. The fourth-order valence-corrected chi connectivity index (χ4v) is 5.84. The van der Waals surface area contributed by atoms with Crippen molar-refractivity contribution in [3.05, 3.63) is 90.1 Å². The normalized spacial score (nSPS) is 22.3. The van der Waals surface area contributed by atoms with Gasteiger partial charge in [-0.3, -0.25) is 4.79 Å². The predicted molar refractivity (Wildman–Crippen MR) is 145 cm³/mol. The Morgan fingerprint density at radius 1 is 0.914 bits per heavy atom. The molecule has 0 unspecified atom stereocenters. The minimum Gasteiger partial charge on any atom is -0.361 e. The molecule has 2 aromatic carbocycles. The van der Waals surface area contributed by atoms with Gasteiger partial charge in [-0.1, -0.05) is 66.8 Å². The predicted octanol–water partition coefficient (Wildman–Crippen LogP) is 6.29. The Morgan fingerprint density at radius 3 is 2.46 bits per heavy atom. The maximum Gasteiger partial charge on any atom is 0.244 e. The number of amides is 1. The van der Waals surface area contributed by atoms with E-state index in [1.54, 1.807) is 6.08 Å². The van der Waals surface area contributed by atoms with E-state index in [1.807, 2.05) is 36.4 Å². The molecule has 0 atom stereocenters. The monoisotopic (exact) mass is 467 g/mol. The summed E-state index contributed by atoms with van der Waals surface area (Å²) in [5, 5.41) is 4.60. The topological polar surface area (TPSA) is 48.1 Å². The van der Waals surface area contributed by atoms with Crippen LogP contribution in [0.5, 0.6) is 0 Å². The highest BCUT2D eigenvalue weighted by Crippen LogP contribution is 2.34. The van der Waals surface area contributed by atoms with Gasteiger partial charge in [-0.2, -0.15) is 0 Å². The lowest BCUT2D eigenvalue weighted by Gasteiger charge is -2.36. The number of para-hydroxylation sites is 1. The SMILES string of the molecule is O=C(/C=C/C=C/c1ccccc1)NC1CCC(CN2CCC(c3c[nH]c4ccccc34)CC2)CC1. The van der Waals surface area contributed by atoms with E-state index in [2.05, 4.69) is 57.8 Å². The van der Waals surface area contributed by atoms with Crippen LogP contribution in [-0.4, -0.2) is 41.5 Å². The second-order valence-electron chi connectivity index (χ2n) is 10.2. The van der Waals surface area contributed by atoms with E-state index < -0.39 is 0 Å². The molecule has 1 aliphatic heterocycles. The van der Waals surface area contributed by atoms with Crippen LogP contribution < -0.4 is 5.32 Å². The number of benzene rings is 2. The first-order valence-electron chi connectivity index (χ1n) is 13.2. The van der Waals surface area contributed by atoms with Crippen LogP contribution in [0.15, 0.2) is 79.0 Å². The van der Waals surface area contributed by atoms with Gasteiger partial charge in [-0.05, 0) is 80.6 Å². The maximum atomic E-state index is 12.3. The van der Waals surface area contributed by atoms with Crippen LogP contribution >= 0.6 is 0 Å². The standard InChI is InChI=1S/C31H37N3O/c35-31(13-7-4-10-24-8-2-1-3-9-24)33-27-16-14-25(15-17-27)23-34-20-18-26(19-21-34)29-22-32-30-12-6-5-11-28(29)30/h1-13,22,25-27,32H,14-21,23H2,(H,33,35)/b10-4+,13-7+. The molecule has 1 saturated heterocycles. The lowest BCUT2D eigenvalue weighted by molar-refractivity contribution is -0.117. The Balaban J connectivity index is 1.01. The summed E-state index contributed by atoms with van der Waals surface area (Å²) in [5.41, 5.74) is 3.90. The maximum absolute atomic E-state index is 12.3. The zero-order valence-corrected chi connectivity index (χ0v) is 20.5. The van der Waals surface area contributed by atoms with Crippen LogP contribution in [-0.2, 0) is 4.79 Å². The van der Waals surface area contributed by atoms with Gasteiger partial charge in [0.1, 0.15) is 0 Å². The number of carbonyl (C=O) groups excluding carboxylic acids is 1. The number of likely N-dealkylation sites (tertiary alicyclic amines) is 1. The number of H-pyrrole nitrogens is 1. The van der Waals surface area contributed by atoms with E-state index in [1.165, 1.54) is 61.8 Å². The van der Waals surface area contributed by atoms with Crippen LogP contribution in [0.25, 0.3) is 17.0 Å². The third-order valence-electron chi connectivity index (χ3n) is 7.81. The third-order valence-corrected chi connectivity index (χ3v) is 7.81. The van der Waals surface area contributed by atoms with E-state index in [9.17, 15) is 4.79 Å². The first kappa shape index (κ1) is 23.6. The fraction of sp³-hybridized carbons (Fsp3) is 0.387. The summed E-state index contributed by atoms with van der Waals surface area (Å²) in [7, 11) is 0. The lowest BCUT2D eigenvalue weighted by atomic mass is 9.84. The summed E-state index contributed by atoms with van der Waals surface area (Å²) in [4.78, 5) is 18.4. The molecule has 1 aliphatic carbocycles. The van der Waals surface area contributed by atoms with Crippen LogP contribution in [0, 0.1) is 5.92 Å². The highest BCUT2D eigenvalue weighted by atomic mass is 16.1. The zero-order valence-electron chi connectivity index (χ0n) is 20.5. The molecule has 2 N–H and O–H groups in total. The molecule has 35 heavy (non-hydrogen) atoms. The molecule has 1 aromatic heterocycles. The molecule has 0 bridgehead atoms. The van der Waals surface area contributed by atoms with E-state index in [0.717, 1.165) is 24.3 Å². The van der Waals surface area contributed by atoms with Gasteiger partial charge >= 0.3 is 0 Å². The number of rotatable bonds is 7. The summed E-state index contributed by atoms with van der Waals surface area (Å²) >= 11 is 0. The van der Waals surface area contributed by atoms with E-state index in [0.29, 0.717) is 12.0 Å². The molecule has 4 nitrogen and oxygen atoms in total. The number of aromatic amines is 1. The third kappa shape index (κ3) is 6.32. The number of hydrogen-bond acceptors (Lipinski definition) is 2. The molecular formula is C31H37N3O. The van der Waals surface area contributed by atoms with Gasteiger partial charge in [0.2, 0.25) is 5.91 Å². The molecule has 182 valence electrons. The highest BCUT2D eigenvalue weighted by molar-refractivity contribution is 5.88.